The van der Waals surface area contributed by atoms with E-state index >= 15 is 0 Å². The summed E-state index contributed by atoms with van der Waals surface area (Å²) in [5, 5.41) is 22.8. The molecule has 0 aliphatic heterocycles. The van der Waals surface area contributed by atoms with Gasteiger partial charge in [-0.1, -0.05) is 44.2 Å². The van der Waals surface area contributed by atoms with Crippen LogP contribution in [0.5, 0.6) is 5.75 Å². The van der Waals surface area contributed by atoms with Crippen LogP contribution in [0, 0.1) is 34.0 Å². The topological polar surface area (TPSA) is 85.9 Å². The van der Waals surface area contributed by atoms with Crippen LogP contribution in [-0.4, -0.2) is 12.9 Å². The number of ketones is 1. The molecule has 30 heavy (non-hydrogen) atoms. The number of hydrogen-bond acceptors (Lipinski definition) is 5. The summed E-state index contributed by atoms with van der Waals surface area (Å²) in [7, 11) is 1.58. The quantitative estimate of drug-likeness (QED) is 0.722. The number of para-hydroxylation sites is 1. The number of benzene rings is 2. The summed E-state index contributed by atoms with van der Waals surface area (Å²) in [5.41, 5.74) is 2.71. The van der Waals surface area contributed by atoms with Gasteiger partial charge in [-0.2, -0.15) is 10.5 Å². The molecule has 1 atom stereocenters. The third-order valence-corrected chi connectivity index (χ3v) is 5.39. The minimum absolute atomic E-state index is 0.0269. The van der Waals surface area contributed by atoms with Crippen molar-refractivity contribution in [2.75, 3.05) is 12.4 Å². The van der Waals surface area contributed by atoms with Gasteiger partial charge in [-0.05, 0) is 41.7 Å². The van der Waals surface area contributed by atoms with Gasteiger partial charge in [0.2, 0.25) is 0 Å². The van der Waals surface area contributed by atoms with E-state index in [1.165, 1.54) is 0 Å². The van der Waals surface area contributed by atoms with Crippen molar-refractivity contribution in [2.45, 2.75) is 32.6 Å². The summed E-state index contributed by atoms with van der Waals surface area (Å²) in [4.78, 5) is 13.3. The van der Waals surface area contributed by atoms with Crippen molar-refractivity contribution in [3.63, 3.8) is 0 Å². The number of nitrogens with zero attached hydrogens (tertiary/aromatic N) is 2. The number of nitrogens with one attached hydrogen (secondary N) is 1. The van der Waals surface area contributed by atoms with Gasteiger partial charge in [0, 0.05) is 29.3 Å². The molecule has 5 nitrogen and oxygen atoms in total. The number of Topliss-reactive ketones (excluding diaryl/α,β-unsaturated/α-hetero) is 1. The second-order valence-electron chi connectivity index (χ2n) is 8.31. The van der Waals surface area contributed by atoms with Gasteiger partial charge >= 0.3 is 0 Å². The molecule has 1 N–H and O–H groups in total. The Morgan fingerprint density at radius 1 is 1.00 bits per heavy atom. The fourth-order valence-corrected chi connectivity index (χ4v) is 4.02. The van der Waals surface area contributed by atoms with Crippen molar-refractivity contribution in [1.82, 2.24) is 0 Å². The Morgan fingerprint density at radius 3 is 2.20 bits per heavy atom. The fourth-order valence-electron chi connectivity index (χ4n) is 4.02. The molecule has 0 saturated heterocycles. The lowest BCUT2D eigenvalue weighted by atomic mass is 9.69. The number of allylic oxidation sites excluding steroid dienone is 2. The Kier molecular flexibility index (Phi) is 6.23. The highest BCUT2D eigenvalue weighted by molar-refractivity contribution is 5.99. The van der Waals surface area contributed by atoms with Gasteiger partial charge in [0.25, 0.3) is 0 Å². The average Bonchev–Trinajstić information content (AvgIpc) is 2.73. The molecule has 3 rings (SSSR count). The minimum Gasteiger partial charge on any atom is -0.497 e. The van der Waals surface area contributed by atoms with Crippen LogP contribution >= 0.6 is 0 Å². The lowest BCUT2D eigenvalue weighted by molar-refractivity contribution is -0.118. The van der Waals surface area contributed by atoms with Gasteiger partial charge in [0.05, 0.1) is 19.2 Å². The van der Waals surface area contributed by atoms with E-state index in [9.17, 15) is 15.3 Å². The normalized spacial score (nSPS) is 16.5. The molecule has 0 spiro atoms. The van der Waals surface area contributed by atoms with Gasteiger partial charge in [-0.3, -0.25) is 4.79 Å². The number of carbonyl (C=O) groups excluding carboxylic acids is 1. The van der Waals surface area contributed by atoms with E-state index in [4.69, 9.17) is 4.74 Å². The van der Waals surface area contributed by atoms with Crippen LogP contribution in [0.1, 0.15) is 38.2 Å². The van der Waals surface area contributed by atoms with E-state index in [2.05, 4.69) is 31.3 Å². The molecule has 0 aromatic heterocycles. The maximum Gasteiger partial charge on any atom is 0.161 e. The van der Waals surface area contributed by atoms with E-state index in [1.807, 2.05) is 42.5 Å². The molecule has 0 amide bonds. The average molecular weight is 399 g/mol. The predicted molar refractivity (Wildman–Crippen MR) is 116 cm³/mol. The Balaban J connectivity index is 2.18. The number of carbonyl (C=O) groups is 1. The number of methoxy groups -OCH3 is 1. The first-order chi connectivity index (χ1) is 14.4. The Hall–Kier alpha value is -3.57. The second-order valence-corrected chi connectivity index (χ2v) is 8.31. The van der Waals surface area contributed by atoms with Crippen molar-refractivity contribution in [3.8, 4) is 17.9 Å². The van der Waals surface area contributed by atoms with E-state index in [0.29, 0.717) is 24.2 Å². The first-order valence-electron chi connectivity index (χ1n) is 9.90. The number of ether oxygens (including phenoxy) is 1. The van der Waals surface area contributed by atoms with Gasteiger partial charge in [-0.15, -0.1) is 0 Å². The van der Waals surface area contributed by atoms with E-state index < -0.39 is 11.8 Å². The number of anilines is 1. The van der Waals surface area contributed by atoms with E-state index in [-0.39, 0.29) is 11.2 Å². The molecule has 0 heterocycles. The lowest BCUT2D eigenvalue weighted by Crippen LogP contribution is -2.32. The molecule has 2 aromatic rings. The lowest BCUT2D eigenvalue weighted by Gasteiger charge is -2.36. The Bertz CT molecular complexity index is 1010. The standard InChI is InChI=1S/C25H25N3O2/c1-25(2)13-21(28-19-7-5-4-6-8-19)24(22(29)14-25)23(18(15-26)16-27)17-9-11-20(30-3)12-10-17/h4-12,18,23,28H,13-14H2,1-3H3. The largest absolute Gasteiger partial charge is 0.497 e. The Labute approximate surface area is 177 Å². The number of nitriles is 2. The first kappa shape index (κ1) is 21.1. The zero-order chi connectivity index (χ0) is 21.7. The highest BCUT2D eigenvalue weighted by Gasteiger charge is 2.40. The van der Waals surface area contributed by atoms with Crippen LogP contribution in [0.2, 0.25) is 0 Å². The van der Waals surface area contributed by atoms with Crippen LogP contribution < -0.4 is 10.1 Å². The molecule has 0 radical (unpaired) electrons. The third-order valence-electron chi connectivity index (χ3n) is 5.39. The van der Waals surface area contributed by atoms with E-state index in [1.54, 1.807) is 19.2 Å². The maximum absolute atomic E-state index is 13.3. The summed E-state index contributed by atoms with van der Waals surface area (Å²) in [5.74, 6) is -0.969. The van der Waals surface area contributed by atoms with Crippen LogP contribution in [-0.2, 0) is 4.79 Å². The smallest absolute Gasteiger partial charge is 0.161 e. The van der Waals surface area contributed by atoms with Crippen LogP contribution in [0.3, 0.4) is 0 Å². The summed E-state index contributed by atoms with van der Waals surface area (Å²) in [6, 6.07) is 21.1. The van der Waals surface area contributed by atoms with Crippen LogP contribution in [0.25, 0.3) is 0 Å². The van der Waals surface area contributed by atoms with Crippen molar-refractivity contribution in [2.24, 2.45) is 11.3 Å². The van der Waals surface area contributed by atoms with Gasteiger partial charge in [-0.25, -0.2) is 0 Å². The van der Waals surface area contributed by atoms with Crippen molar-refractivity contribution in [1.29, 1.82) is 10.5 Å². The molecular weight excluding hydrogens is 374 g/mol. The van der Waals surface area contributed by atoms with E-state index in [0.717, 1.165) is 16.9 Å². The molecule has 1 unspecified atom stereocenters. The van der Waals surface area contributed by atoms with Crippen molar-refractivity contribution in [3.05, 3.63) is 71.4 Å². The molecule has 5 heteroatoms. The highest BCUT2D eigenvalue weighted by Crippen LogP contribution is 2.44. The second kappa shape index (κ2) is 8.84. The van der Waals surface area contributed by atoms with Crippen molar-refractivity contribution < 1.29 is 9.53 Å². The molecule has 1 aliphatic rings. The monoisotopic (exact) mass is 399 g/mol. The maximum atomic E-state index is 13.3. The van der Waals surface area contributed by atoms with Gasteiger partial charge < -0.3 is 10.1 Å². The molecule has 0 bridgehead atoms. The highest BCUT2D eigenvalue weighted by atomic mass is 16.5. The SMILES string of the molecule is COc1ccc(C(C2=C(Nc3ccccc3)CC(C)(C)CC2=O)C(C#N)C#N)cc1. The fraction of sp³-hybridized carbons (Fsp3) is 0.320. The zero-order valence-electron chi connectivity index (χ0n) is 17.5. The van der Waals surface area contributed by atoms with Crippen LogP contribution in [0.4, 0.5) is 5.69 Å². The number of rotatable bonds is 6. The first-order valence-corrected chi connectivity index (χ1v) is 9.90. The van der Waals surface area contributed by atoms with Crippen LogP contribution in [0.15, 0.2) is 65.9 Å². The zero-order valence-corrected chi connectivity index (χ0v) is 17.5. The molecule has 1 aliphatic carbocycles. The summed E-state index contributed by atoms with van der Waals surface area (Å²) in [6.07, 6.45) is 1.03. The minimum atomic E-state index is -0.980. The third kappa shape index (κ3) is 4.53. The summed E-state index contributed by atoms with van der Waals surface area (Å²) < 4.78 is 5.23. The molecule has 0 saturated carbocycles. The number of hydrogen-bond donors (Lipinski definition) is 1. The van der Waals surface area contributed by atoms with Gasteiger partial charge in [0.15, 0.2) is 5.78 Å². The van der Waals surface area contributed by atoms with Crippen molar-refractivity contribution >= 4 is 11.5 Å². The summed E-state index contributed by atoms with van der Waals surface area (Å²) >= 11 is 0. The predicted octanol–water partition coefficient (Wildman–Crippen LogP) is 5.20. The van der Waals surface area contributed by atoms with Gasteiger partial charge in [0.1, 0.15) is 11.7 Å². The summed E-state index contributed by atoms with van der Waals surface area (Å²) in [6.45, 7) is 4.12. The molecule has 2 aromatic carbocycles. The molecule has 152 valence electrons. The molecule has 0 fully saturated rings. The molecular formula is C25H25N3O2. The Morgan fingerprint density at radius 2 is 1.63 bits per heavy atom.